The van der Waals surface area contributed by atoms with Crippen LogP contribution in [0.4, 0.5) is 0 Å². The van der Waals surface area contributed by atoms with Crippen molar-refractivity contribution in [2.75, 3.05) is 6.61 Å². The van der Waals surface area contributed by atoms with Gasteiger partial charge in [-0.2, -0.15) is 0 Å². The van der Waals surface area contributed by atoms with Crippen molar-refractivity contribution in [3.63, 3.8) is 0 Å². The van der Waals surface area contributed by atoms with Crippen LogP contribution in [0.25, 0.3) is 0 Å². The molecule has 0 fully saturated rings. The number of rotatable bonds is 2. The first-order valence-corrected chi connectivity index (χ1v) is 4.01. The molecule has 0 aliphatic heterocycles. The van der Waals surface area contributed by atoms with Crippen LogP contribution in [-0.2, 0) is 0 Å². The van der Waals surface area contributed by atoms with E-state index in [0.717, 1.165) is 11.1 Å². The van der Waals surface area contributed by atoms with Crippen molar-refractivity contribution in [2.45, 2.75) is 13.0 Å². The summed E-state index contributed by atoms with van der Waals surface area (Å²) < 4.78 is 0. The maximum absolute atomic E-state index is 8.76. The summed E-state index contributed by atoms with van der Waals surface area (Å²) in [6.45, 7) is 1.77. The molecule has 3 nitrogen and oxygen atoms in total. The van der Waals surface area contributed by atoms with Crippen molar-refractivity contribution in [3.8, 4) is 0 Å². The Morgan fingerprint density at radius 1 is 1.75 bits per heavy atom. The molecule has 1 aromatic rings. The van der Waals surface area contributed by atoms with E-state index in [9.17, 15) is 0 Å². The number of nitrogens with zero attached hydrogens (tertiary/aromatic N) is 1. The number of aliphatic hydroxyl groups excluding tert-OH is 1. The third-order valence-corrected chi connectivity index (χ3v) is 2.06. The van der Waals surface area contributed by atoms with Crippen molar-refractivity contribution < 1.29 is 5.11 Å². The van der Waals surface area contributed by atoms with Gasteiger partial charge in [-0.15, -0.1) is 0 Å². The lowest BCUT2D eigenvalue weighted by molar-refractivity contribution is 0.268. The number of halogens is 1. The second-order valence-electron chi connectivity index (χ2n) is 2.67. The predicted octanol–water partition coefficient (Wildman–Crippen LogP) is 1.04. The van der Waals surface area contributed by atoms with Crippen molar-refractivity contribution in [3.05, 3.63) is 28.5 Å². The van der Waals surface area contributed by atoms with E-state index < -0.39 is 0 Å². The standard InChI is InChI=1S/C8H11ClN2O/c1-5-2-6(7(10)4-12)3-11-8(5)9/h2-3,7,12H,4,10H2,1H3/t7-/m1/s1. The number of aromatic nitrogens is 1. The molecule has 3 N–H and O–H groups in total. The third kappa shape index (κ3) is 1.94. The number of nitrogens with two attached hydrogens (primary N) is 1. The highest BCUT2D eigenvalue weighted by Crippen LogP contribution is 2.16. The van der Waals surface area contributed by atoms with E-state index in [1.54, 1.807) is 6.20 Å². The van der Waals surface area contributed by atoms with Gasteiger partial charge in [-0.1, -0.05) is 11.6 Å². The zero-order chi connectivity index (χ0) is 9.14. The average molecular weight is 187 g/mol. The van der Waals surface area contributed by atoms with E-state index in [1.807, 2.05) is 13.0 Å². The quantitative estimate of drug-likeness (QED) is 0.679. The highest BCUT2D eigenvalue weighted by molar-refractivity contribution is 6.30. The van der Waals surface area contributed by atoms with E-state index in [1.165, 1.54) is 0 Å². The van der Waals surface area contributed by atoms with Crippen LogP contribution in [0.15, 0.2) is 12.3 Å². The largest absolute Gasteiger partial charge is 0.394 e. The molecule has 0 aliphatic rings. The van der Waals surface area contributed by atoms with E-state index >= 15 is 0 Å². The molecule has 12 heavy (non-hydrogen) atoms. The van der Waals surface area contributed by atoms with Crippen LogP contribution in [0.2, 0.25) is 5.15 Å². The molecule has 0 aliphatic carbocycles. The summed E-state index contributed by atoms with van der Waals surface area (Å²) in [5.41, 5.74) is 7.26. The SMILES string of the molecule is Cc1cc([C@H](N)CO)cnc1Cl. The highest BCUT2D eigenvalue weighted by Gasteiger charge is 2.05. The summed E-state index contributed by atoms with van der Waals surface area (Å²) in [7, 11) is 0. The second kappa shape index (κ2) is 3.85. The van der Waals surface area contributed by atoms with Gasteiger partial charge >= 0.3 is 0 Å². The Bertz CT molecular complexity index is 278. The van der Waals surface area contributed by atoms with Crippen LogP contribution in [0.1, 0.15) is 17.2 Å². The fourth-order valence-electron chi connectivity index (χ4n) is 0.888. The van der Waals surface area contributed by atoms with Crippen LogP contribution in [-0.4, -0.2) is 16.7 Å². The zero-order valence-corrected chi connectivity index (χ0v) is 7.54. The van der Waals surface area contributed by atoms with Gasteiger partial charge in [0.05, 0.1) is 12.6 Å². The number of pyridine rings is 1. The molecule has 1 atom stereocenters. The van der Waals surface area contributed by atoms with Crippen molar-refractivity contribution >= 4 is 11.6 Å². The number of hydrogen-bond acceptors (Lipinski definition) is 3. The van der Waals surface area contributed by atoms with E-state index in [0.29, 0.717) is 5.15 Å². The van der Waals surface area contributed by atoms with E-state index in [2.05, 4.69) is 4.98 Å². The molecule has 4 heteroatoms. The minimum Gasteiger partial charge on any atom is -0.394 e. The van der Waals surface area contributed by atoms with Gasteiger partial charge in [-0.25, -0.2) is 4.98 Å². The van der Waals surface area contributed by atoms with Crippen LogP contribution < -0.4 is 5.73 Å². The van der Waals surface area contributed by atoms with Crippen molar-refractivity contribution in [1.82, 2.24) is 4.98 Å². The monoisotopic (exact) mass is 186 g/mol. The molecule has 1 heterocycles. The molecular formula is C8H11ClN2O. The lowest BCUT2D eigenvalue weighted by atomic mass is 10.1. The zero-order valence-electron chi connectivity index (χ0n) is 6.79. The van der Waals surface area contributed by atoms with E-state index in [4.69, 9.17) is 22.4 Å². The Balaban J connectivity index is 2.96. The molecule has 0 saturated carbocycles. The number of hydrogen-bond donors (Lipinski definition) is 2. The summed E-state index contributed by atoms with van der Waals surface area (Å²) in [5.74, 6) is 0. The first-order valence-electron chi connectivity index (χ1n) is 3.63. The Morgan fingerprint density at radius 2 is 2.42 bits per heavy atom. The molecule has 0 amide bonds. The van der Waals surface area contributed by atoms with E-state index in [-0.39, 0.29) is 12.6 Å². The summed E-state index contributed by atoms with van der Waals surface area (Å²) in [6.07, 6.45) is 1.58. The van der Waals surface area contributed by atoms with Crippen LogP contribution in [0, 0.1) is 6.92 Å². The van der Waals surface area contributed by atoms with Crippen LogP contribution in [0.5, 0.6) is 0 Å². The van der Waals surface area contributed by atoms with Crippen LogP contribution in [0.3, 0.4) is 0 Å². The lowest BCUT2D eigenvalue weighted by Crippen LogP contribution is -2.14. The predicted molar refractivity (Wildman–Crippen MR) is 48.0 cm³/mol. The minimum atomic E-state index is -0.367. The molecule has 66 valence electrons. The first-order chi connectivity index (χ1) is 5.65. The van der Waals surface area contributed by atoms with Gasteiger partial charge in [0.25, 0.3) is 0 Å². The highest BCUT2D eigenvalue weighted by atomic mass is 35.5. The second-order valence-corrected chi connectivity index (χ2v) is 3.02. The van der Waals surface area contributed by atoms with Gasteiger partial charge in [-0.05, 0) is 24.1 Å². The van der Waals surface area contributed by atoms with Gasteiger partial charge in [0.1, 0.15) is 5.15 Å². The Morgan fingerprint density at radius 3 is 2.92 bits per heavy atom. The molecule has 1 aromatic heterocycles. The average Bonchev–Trinajstić information content (AvgIpc) is 2.08. The molecular weight excluding hydrogens is 176 g/mol. The molecule has 0 spiro atoms. The fourth-order valence-corrected chi connectivity index (χ4v) is 0.991. The van der Waals surface area contributed by atoms with Gasteiger partial charge in [0, 0.05) is 6.20 Å². The lowest BCUT2D eigenvalue weighted by Gasteiger charge is -2.08. The minimum absolute atomic E-state index is 0.0806. The third-order valence-electron chi connectivity index (χ3n) is 1.66. The summed E-state index contributed by atoms with van der Waals surface area (Å²) in [6, 6.07) is 1.46. The first kappa shape index (κ1) is 9.45. The fraction of sp³-hybridized carbons (Fsp3) is 0.375. The smallest absolute Gasteiger partial charge is 0.131 e. The Labute approximate surface area is 76.2 Å². The molecule has 0 unspecified atom stereocenters. The van der Waals surface area contributed by atoms with Crippen LogP contribution >= 0.6 is 11.6 Å². The summed E-state index contributed by atoms with van der Waals surface area (Å²) in [5, 5.41) is 9.24. The maximum atomic E-state index is 8.76. The molecule has 0 saturated heterocycles. The summed E-state index contributed by atoms with van der Waals surface area (Å²) >= 11 is 5.71. The Hall–Kier alpha value is -0.640. The van der Waals surface area contributed by atoms with Gasteiger partial charge in [-0.3, -0.25) is 0 Å². The normalized spacial score (nSPS) is 13.0. The molecule has 0 aromatic carbocycles. The maximum Gasteiger partial charge on any atom is 0.131 e. The molecule has 1 rings (SSSR count). The number of aliphatic hydroxyl groups is 1. The van der Waals surface area contributed by atoms with Gasteiger partial charge in [0.2, 0.25) is 0 Å². The topological polar surface area (TPSA) is 59.1 Å². The molecule has 0 radical (unpaired) electrons. The molecule has 0 bridgehead atoms. The van der Waals surface area contributed by atoms with Gasteiger partial charge < -0.3 is 10.8 Å². The van der Waals surface area contributed by atoms with Crippen molar-refractivity contribution in [1.29, 1.82) is 0 Å². The van der Waals surface area contributed by atoms with Gasteiger partial charge in [0.15, 0.2) is 0 Å². The number of aryl methyl sites for hydroxylation is 1. The summed E-state index contributed by atoms with van der Waals surface area (Å²) in [4.78, 5) is 3.92. The van der Waals surface area contributed by atoms with Crippen molar-refractivity contribution in [2.24, 2.45) is 5.73 Å². The Kier molecular flexibility index (Phi) is 3.03.